The van der Waals surface area contributed by atoms with E-state index in [0.717, 1.165) is 19.2 Å². The number of ether oxygens (including phenoxy) is 2. The van der Waals surface area contributed by atoms with Crippen LogP contribution in [0.2, 0.25) is 0 Å². The minimum Gasteiger partial charge on any atom is -0.496 e. The highest BCUT2D eigenvalue weighted by Crippen LogP contribution is 2.33. The molecule has 0 atom stereocenters. The monoisotopic (exact) mass is 242 g/mol. The molecule has 0 aliphatic heterocycles. The second kappa shape index (κ2) is 4.54. The number of benzene rings is 1. The summed E-state index contributed by atoms with van der Waals surface area (Å²) in [6.45, 7) is 0. The number of halogens is 5. The quantitative estimate of drug-likeness (QED) is 0.755. The number of hydrogen-bond acceptors (Lipinski definition) is 2. The van der Waals surface area contributed by atoms with Crippen LogP contribution in [0, 0.1) is 0 Å². The predicted octanol–water partition coefficient (Wildman–Crippen LogP) is 3.53. The van der Waals surface area contributed by atoms with Crippen molar-refractivity contribution in [2.45, 2.75) is 12.8 Å². The van der Waals surface area contributed by atoms with E-state index in [1.54, 1.807) is 0 Å². The summed E-state index contributed by atoms with van der Waals surface area (Å²) in [7, 11) is 1.14. The molecule has 0 bridgehead atoms. The zero-order chi connectivity index (χ0) is 12.3. The van der Waals surface area contributed by atoms with E-state index in [9.17, 15) is 22.0 Å². The van der Waals surface area contributed by atoms with E-state index in [4.69, 9.17) is 0 Å². The van der Waals surface area contributed by atoms with Crippen molar-refractivity contribution in [3.8, 4) is 11.5 Å². The van der Waals surface area contributed by atoms with Gasteiger partial charge in [0, 0.05) is 0 Å². The molecule has 7 heteroatoms. The highest BCUT2D eigenvalue weighted by atomic mass is 19.4. The molecule has 1 aromatic carbocycles. The van der Waals surface area contributed by atoms with Gasteiger partial charge in [0.1, 0.15) is 11.5 Å². The van der Waals surface area contributed by atoms with Crippen molar-refractivity contribution in [1.82, 2.24) is 0 Å². The topological polar surface area (TPSA) is 18.5 Å². The molecule has 0 saturated carbocycles. The van der Waals surface area contributed by atoms with Gasteiger partial charge in [0.05, 0.1) is 12.7 Å². The Kier molecular flexibility index (Phi) is 3.56. The van der Waals surface area contributed by atoms with Gasteiger partial charge in [-0.05, 0) is 18.2 Å². The molecule has 16 heavy (non-hydrogen) atoms. The Bertz CT molecular complexity index is 361. The smallest absolute Gasteiger partial charge is 0.496 e. The SMILES string of the molecule is COc1ccc(OC(F)(F)F)cc1C(F)F. The van der Waals surface area contributed by atoms with Crippen molar-refractivity contribution in [2.24, 2.45) is 0 Å². The zero-order valence-electron chi connectivity index (χ0n) is 8.02. The Morgan fingerprint density at radius 3 is 2.25 bits per heavy atom. The van der Waals surface area contributed by atoms with Gasteiger partial charge in [-0.2, -0.15) is 0 Å². The average Bonchev–Trinajstić information content (AvgIpc) is 2.15. The normalized spacial score (nSPS) is 11.7. The minimum absolute atomic E-state index is 0.190. The van der Waals surface area contributed by atoms with Crippen LogP contribution in [0.5, 0.6) is 11.5 Å². The summed E-state index contributed by atoms with van der Waals surface area (Å²) in [6, 6.07) is 2.48. The van der Waals surface area contributed by atoms with Gasteiger partial charge in [-0.1, -0.05) is 0 Å². The first kappa shape index (κ1) is 12.5. The molecule has 2 nitrogen and oxygen atoms in total. The van der Waals surface area contributed by atoms with E-state index in [-0.39, 0.29) is 5.75 Å². The third-order valence-corrected chi connectivity index (χ3v) is 1.67. The van der Waals surface area contributed by atoms with Crippen LogP contribution in [-0.4, -0.2) is 13.5 Å². The maximum atomic E-state index is 12.4. The van der Waals surface area contributed by atoms with Crippen LogP contribution in [0.25, 0.3) is 0 Å². The number of alkyl halides is 5. The summed E-state index contributed by atoms with van der Waals surface area (Å²) in [6.07, 6.45) is -7.85. The van der Waals surface area contributed by atoms with Gasteiger partial charge < -0.3 is 9.47 Å². The summed E-state index contributed by atoms with van der Waals surface area (Å²) >= 11 is 0. The maximum absolute atomic E-state index is 12.4. The van der Waals surface area contributed by atoms with Crippen LogP contribution >= 0.6 is 0 Å². The van der Waals surface area contributed by atoms with Crippen LogP contribution < -0.4 is 9.47 Å². The minimum atomic E-state index is -4.91. The molecule has 1 aromatic rings. The highest BCUT2D eigenvalue weighted by molar-refractivity contribution is 5.41. The summed E-state index contributed by atoms with van der Waals surface area (Å²) in [5.74, 6) is -0.895. The molecular weight excluding hydrogens is 235 g/mol. The first-order valence-electron chi connectivity index (χ1n) is 4.05. The van der Waals surface area contributed by atoms with Crippen molar-refractivity contribution in [2.75, 3.05) is 7.11 Å². The lowest BCUT2D eigenvalue weighted by molar-refractivity contribution is -0.274. The fraction of sp³-hybridized carbons (Fsp3) is 0.333. The molecule has 0 amide bonds. The third kappa shape index (κ3) is 3.25. The van der Waals surface area contributed by atoms with Gasteiger partial charge in [0.2, 0.25) is 0 Å². The third-order valence-electron chi connectivity index (χ3n) is 1.67. The van der Waals surface area contributed by atoms with Gasteiger partial charge in [-0.3, -0.25) is 0 Å². The molecule has 0 radical (unpaired) electrons. The van der Waals surface area contributed by atoms with Crippen molar-refractivity contribution in [1.29, 1.82) is 0 Å². The lowest BCUT2D eigenvalue weighted by Gasteiger charge is -2.12. The summed E-state index contributed by atoms with van der Waals surface area (Å²) in [5.41, 5.74) is -0.649. The molecule has 0 fully saturated rings. The molecule has 0 aromatic heterocycles. The van der Waals surface area contributed by atoms with E-state index in [1.807, 2.05) is 0 Å². The number of hydrogen-bond donors (Lipinski definition) is 0. The lowest BCUT2D eigenvalue weighted by Crippen LogP contribution is -2.17. The van der Waals surface area contributed by atoms with Gasteiger partial charge >= 0.3 is 6.36 Å². The van der Waals surface area contributed by atoms with Crippen molar-refractivity contribution in [3.05, 3.63) is 23.8 Å². The fourth-order valence-electron chi connectivity index (χ4n) is 1.08. The molecule has 0 aliphatic carbocycles. The van der Waals surface area contributed by atoms with Gasteiger partial charge in [-0.25, -0.2) is 8.78 Å². The predicted molar refractivity (Wildman–Crippen MR) is 44.6 cm³/mol. The van der Waals surface area contributed by atoms with E-state index in [0.29, 0.717) is 6.07 Å². The van der Waals surface area contributed by atoms with Crippen LogP contribution in [0.15, 0.2) is 18.2 Å². The van der Waals surface area contributed by atoms with E-state index in [2.05, 4.69) is 9.47 Å². The van der Waals surface area contributed by atoms with E-state index >= 15 is 0 Å². The first-order valence-corrected chi connectivity index (χ1v) is 4.05. The average molecular weight is 242 g/mol. The molecule has 0 unspecified atom stereocenters. The molecule has 0 aliphatic rings. The molecular formula is C9H7F5O2. The zero-order valence-corrected chi connectivity index (χ0v) is 8.02. The Labute approximate surface area is 87.6 Å². The lowest BCUT2D eigenvalue weighted by atomic mass is 10.2. The largest absolute Gasteiger partial charge is 0.573 e. The maximum Gasteiger partial charge on any atom is 0.573 e. The molecule has 0 N–H and O–H groups in total. The van der Waals surface area contributed by atoms with Gasteiger partial charge in [-0.15, -0.1) is 13.2 Å². The molecule has 0 spiro atoms. The van der Waals surface area contributed by atoms with E-state index in [1.165, 1.54) is 0 Å². The van der Waals surface area contributed by atoms with Gasteiger partial charge in [0.25, 0.3) is 6.43 Å². The second-order valence-electron chi connectivity index (χ2n) is 2.75. The number of rotatable bonds is 3. The summed E-state index contributed by atoms with van der Waals surface area (Å²) in [5, 5.41) is 0. The molecule has 0 heterocycles. The van der Waals surface area contributed by atoms with Crippen LogP contribution in [-0.2, 0) is 0 Å². The van der Waals surface area contributed by atoms with Crippen LogP contribution in [0.4, 0.5) is 22.0 Å². The standard InChI is InChI=1S/C9H7F5O2/c1-15-7-3-2-5(16-9(12,13)14)4-6(7)8(10)11/h2-4,8H,1H3. The molecule has 90 valence electrons. The van der Waals surface area contributed by atoms with Crippen LogP contribution in [0.1, 0.15) is 12.0 Å². The summed E-state index contributed by atoms with van der Waals surface area (Å²) < 4.78 is 68.3. The second-order valence-corrected chi connectivity index (χ2v) is 2.75. The fourth-order valence-corrected chi connectivity index (χ4v) is 1.08. The Balaban J connectivity index is 3.02. The van der Waals surface area contributed by atoms with Crippen molar-refractivity contribution in [3.63, 3.8) is 0 Å². The number of methoxy groups -OCH3 is 1. The van der Waals surface area contributed by atoms with Crippen LogP contribution in [0.3, 0.4) is 0 Å². The summed E-state index contributed by atoms with van der Waals surface area (Å²) in [4.78, 5) is 0. The Morgan fingerprint density at radius 1 is 1.19 bits per heavy atom. The van der Waals surface area contributed by atoms with Crippen molar-refractivity contribution < 1.29 is 31.4 Å². The molecule has 0 saturated heterocycles. The van der Waals surface area contributed by atoms with E-state index < -0.39 is 24.1 Å². The Hall–Kier alpha value is -1.53. The molecule has 1 rings (SSSR count). The van der Waals surface area contributed by atoms with Crippen molar-refractivity contribution >= 4 is 0 Å². The Morgan fingerprint density at radius 2 is 1.81 bits per heavy atom. The first-order chi connectivity index (χ1) is 7.33. The highest BCUT2D eigenvalue weighted by Gasteiger charge is 2.31. The van der Waals surface area contributed by atoms with Gasteiger partial charge in [0.15, 0.2) is 0 Å².